The number of aromatic nitrogens is 1. The van der Waals surface area contributed by atoms with Crippen molar-refractivity contribution in [1.82, 2.24) is 9.71 Å². The van der Waals surface area contributed by atoms with Crippen LogP contribution in [-0.2, 0) is 11.0 Å². The van der Waals surface area contributed by atoms with Crippen molar-refractivity contribution in [2.24, 2.45) is 0 Å². The van der Waals surface area contributed by atoms with E-state index >= 15 is 0 Å². The molecule has 1 aromatic heterocycles. The van der Waals surface area contributed by atoms with Gasteiger partial charge in [0.25, 0.3) is 0 Å². The minimum atomic E-state index is -0.984. The lowest BCUT2D eigenvalue weighted by atomic mass is 10.1. The van der Waals surface area contributed by atoms with Gasteiger partial charge in [-0.05, 0) is 11.5 Å². The molecule has 90 valence electrons. The van der Waals surface area contributed by atoms with Gasteiger partial charge in [0, 0.05) is 25.1 Å². The second-order valence-corrected chi connectivity index (χ2v) is 4.98. The molecule has 0 aliphatic rings. The summed E-state index contributed by atoms with van der Waals surface area (Å²) in [7, 11) is -0.984. The zero-order valence-corrected chi connectivity index (χ0v) is 10.7. The van der Waals surface area contributed by atoms with E-state index in [4.69, 9.17) is 4.74 Å². The van der Waals surface area contributed by atoms with Crippen LogP contribution in [0.5, 0.6) is 5.88 Å². The number of hydrogen-bond acceptors (Lipinski definition) is 3. The number of nitrogens with one attached hydrogen (secondary N) is 1. The van der Waals surface area contributed by atoms with Gasteiger partial charge in [0.2, 0.25) is 5.88 Å². The Balaban J connectivity index is 2.35. The summed E-state index contributed by atoms with van der Waals surface area (Å²) in [6.45, 7) is 5.26. The Morgan fingerprint density at radius 1 is 1.50 bits per heavy atom. The first-order valence-corrected chi connectivity index (χ1v) is 6.81. The van der Waals surface area contributed by atoms with Crippen LogP contribution in [0.25, 0.3) is 0 Å². The van der Waals surface area contributed by atoms with Gasteiger partial charge in [-0.25, -0.2) is 13.9 Å². The Morgan fingerprint density at radius 2 is 2.25 bits per heavy atom. The van der Waals surface area contributed by atoms with E-state index in [1.54, 1.807) is 6.26 Å². The van der Waals surface area contributed by atoms with Gasteiger partial charge in [0.1, 0.15) is 6.61 Å². The molecule has 1 heterocycles. The van der Waals surface area contributed by atoms with Crippen LogP contribution in [-0.4, -0.2) is 28.6 Å². The van der Waals surface area contributed by atoms with Gasteiger partial charge >= 0.3 is 0 Å². The lowest BCUT2D eigenvalue weighted by Crippen LogP contribution is -2.22. The smallest absolute Gasteiger partial charge is 0.213 e. The first-order chi connectivity index (χ1) is 7.59. The average molecular weight is 242 g/mol. The van der Waals surface area contributed by atoms with Crippen molar-refractivity contribution in [3.63, 3.8) is 0 Å². The molecule has 0 bridgehead atoms. The van der Waals surface area contributed by atoms with E-state index in [-0.39, 0.29) is 0 Å². The summed E-state index contributed by atoms with van der Waals surface area (Å²) in [6.07, 6.45) is 3.42. The highest BCUT2D eigenvalue weighted by Crippen LogP contribution is 2.15. The molecule has 0 saturated heterocycles. The minimum Gasteiger partial charge on any atom is -0.476 e. The van der Waals surface area contributed by atoms with Crippen LogP contribution in [0.4, 0.5) is 0 Å². The fraction of sp³-hybridized carbons (Fsp3) is 0.545. The van der Waals surface area contributed by atoms with Gasteiger partial charge < -0.3 is 4.74 Å². The fourth-order valence-corrected chi connectivity index (χ4v) is 1.53. The fourth-order valence-electron chi connectivity index (χ4n) is 1.16. The standard InChI is InChI=1S/C11H18N2O2S/c1-9(2)10-4-5-11(12-8-10)15-7-6-13-16(3)14/h4-5,8-9,13H,6-7H2,1-3H3. The number of pyridine rings is 1. The van der Waals surface area contributed by atoms with Gasteiger partial charge in [-0.2, -0.15) is 0 Å². The second kappa shape index (κ2) is 6.60. The summed E-state index contributed by atoms with van der Waals surface area (Å²) in [4.78, 5) is 4.19. The summed E-state index contributed by atoms with van der Waals surface area (Å²) < 4.78 is 18.9. The highest BCUT2D eigenvalue weighted by Gasteiger charge is 2.00. The average Bonchev–Trinajstić information content (AvgIpc) is 2.25. The zero-order chi connectivity index (χ0) is 12.0. The van der Waals surface area contributed by atoms with Crippen LogP contribution in [0.1, 0.15) is 25.3 Å². The van der Waals surface area contributed by atoms with Gasteiger partial charge in [-0.1, -0.05) is 19.9 Å². The van der Waals surface area contributed by atoms with Crippen LogP contribution in [0, 0.1) is 0 Å². The molecule has 0 aliphatic heterocycles. The highest BCUT2D eigenvalue weighted by molar-refractivity contribution is 7.82. The van der Waals surface area contributed by atoms with Crippen molar-refractivity contribution in [3.05, 3.63) is 23.9 Å². The first kappa shape index (κ1) is 13.1. The van der Waals surface area contributed by atoms with E-state index in [9.17, 15) is 4.21 Å². The van der Waals surface area contributed by atoms with E-state index in [0.717, 1.165) is 0 Å². The Kier molecular flexibility index (Phi) is 5.42. The van der Waals surface area contributed by atoms with Crippen LogP contribution in [0.15, 0.2) is 18.3 Å². The van der Waals surface area contributed by atoms with Gasteiger partial charge in [0.05, 0.1) is 11.0 Å². The third-order valence-corrected chi connectivity index (χ3v) is 2.69. The quantitative estimate of drug-likeness (QED) is 0.768. The molecule has 16 heavy (non-hydrogen) atoms. The molecule has 1 unspecified atom stereocenters. The predicted octanol–water partition coefficient (Wildman–Crippen LogP) is 1.47. The molecule has 0 saturated carbocycles. The molecule has 1 rings (SSSR count). The molecule has 0 spiro atoms. The maximum Gasteiger partial charge on any atom is 0.213 e. The van der Waals surface area contributed by atoms with E-state index < -0.39 is 11.0 Å². The van der Waals surface area contributed by atoms with Gasteiger partial charge in [-0.3, -0.25) is 0 Å². The summed E-state index contributed by atoms with van der Waals surface area (Å²) in [6, 6.07) is 3.87. The van der Waals surface area contributed by atoms with Crippen LogP contribution in [0.2, 0.25) is 0 Å². The van der Waals surface area contributed by atoms with E-state index in [2.05, 4.69) is 23.6 Å². The molecule has 5 heteroatoms. The lowest BCUT2D eigenvalue weighted by molar-refractivity contribution is 0.311. The van der Waals surface area contributed by atoms with Crippen LogP contribution < -0.4 is 9.46 Å². The molecule has 0 radical (unpaired) electrons. The Morgan fingerprint density at radius 3 is 2.75 bits per heavy atom. The molecule has 1 aromatic rings. The lowest BCUT2D eigenvalue weighted by Gasteiger charge is -2.07. The maximum absolute atomic E-state index is 10.7. The second-order valence-electron chi connectivity index (χ2n) is 3.78. The topological polar surface area (TPSA) is 51.2 Å². The monoisotopic (exact) mass is 242 g/mol. The molecular weight excluding hydrogens is 224 g/mol. The molecule has 0 aromatic carbocycles. The summed E-state index contributed by atoms with van der Waals surface area (Å²) in [5.74, 6) is 1.08. The SMILES string of the molecule is CC(C)c1ccc(OCCNS(C)=O)nc1. The number of nitrogens with zero attached hydrogens (tertiary/aromatic N) is 1. The highest BCUT2D eigenvalue weighted by atomic mass is 32.2. The van der Waals surface area contributed by atoms with Gasteiger partial charge in [0.15, 0.2) is 0 Å². The summed E-state index contributed by atoms with van der Waals surface area (Å²) in [5.41, 5.74) is 1.19. The number of hydrogen-bond donors (Lipinski definition) is 1. The van der Waals surface area contributed by atoms with Crippen molar-refractivity contribution in [2.45, 2.75) is 19.8 Å². The molecule has 1 atom stereocenters. The van der Waals surface area contributed by atoms with Crippen molar-refractivity contribution in [1.29, 1.82) is 0 Å². The van der Waals surface area contributed by atoms with Crippen molar-refractivity contribution < 1.29 is 8.95 Å². The molecular formula is C11H18N2O2S. The van der Waals surface area contributed by atoms with Crippen LogP contribution in [0.3, 0.4) is 0 Å². The maximum atomic E-state index is 10.7. The normalized spacial score (nSPS) is 12.8. The third kappa shape index (κ3) is 4.72. The Labute approximate surface area is 99.0 Å². The summed E-state index contributed by atoms with van der Waals surface area (Å²) in [5, 5.41) is 0. The Bertz CT molecular complexity index is 338. The van der Waals surface area contributed by atoms with Crippen molar-refractivity contribution >= 4 is 11.0 Å². The molecule has 4 nitrogen and oxygen atoms in total. The first-order valence-electron chi connectivity index (χ1n) is 5.25. The summed E-state index contributed by atoms with van der Waals surface area (Å²) >= 11 is 0. The molecule has 0 amide bonds. The zero-order valence-electron chi connectivity index (χ0n) is 9.90. The predicted molar refractivity (Wildman–Crippen MR) is 65.9 cm³/mol. The van der Waals surface area contributed by atoms with Crippen molar-refractivity contribution in [2.75, 3.05) is 19.4 Å². The van der Waals surface area contributed by atoms with E-state index in [0.29, 0.717) is 24.9 Å². The molecule has 1 N–H and O–H groups in total. The number of ether oxygens (including phenoxy) is 1. The third-order valence-electron chi connectivity index (χ3n) is 2.08. The largest absolute Gasteiger partial charge is 0.476 e. The van der Waals surface area contributed by atoms with E-state index in [1.165, 1.54) is 5.56 Å². The number of rotatable bonds is 6. The van der Waals surface area contributed by atoms with Gasteiger partial charge in [-0.15, -0.1) is 0 Å². The molecule has 0 aliphatic carbocycles. The van der Waals surface area contributed by atoms with Crippen molar-refractivity contribution in [3.8, 4) is 5.88 Å². The molecule has 0 fully saturated rings. The Hall–Kier alpha value is -0.940. The van der Waals surface area contributed by atoms with Crippen LogP contribution >= 0.6 is 0 Å². The van der Waals surface area contributed by atoms with E-state index in [1.807, 2.05) is 18.3 Å². The minimum absolute atomic E-state index is 0.466.